The van der Waals surface area contributed by atoms with Gasteiger partial charge in [0.25, 0.3) is 0 Å². The van der Waals surface area contributed by atoms with Gasteiger partial charge in [0.1, 0.15) is 0 Å². The summed E-state index contributed by atoms with van der Waals surface area (Å²) in [6, 6.07) is 0. The molecule has 44 heavy (non-hydrogen) atoms. The molecule has 0 unspecified atom stereocenters. The molecule has 0 rings (SSSR count). The van der Waals surface area contributed by atoms with Crippen LogP contribution in [0.15, 0.2) is 0 Å². The average Bonchev–Trinajstić information content (AvgIpc) is 2.76. The van der Waals surface area contributed by atoms with Crippen LogP contribution < -0.4 is 267 Å². The maximum Gasteiger partial charge on any atom is 1.00 e. The summed E-state index contributed by atoms with van der Waals surface area (Å²) in [6.45, 7) is 15.0. The van der Waals surface area contributed by atoms with E-state index in [4.69, 9.17) is 71.5 Å². The fourth-order valence-corrected chi connectivity index (χ4v) is 2.64. The molecule has 244 valence electrons. The van der Waals surface area contributed by atoms with Gasteiger partial charge in [-0.1, -0.05) is 53.4 Å². The Bertz CT molecular complexity index is 872. The molecule has 0 aromatic heterocycles. The van der Waals surface area contributed by atoms with Crippen LogP contribution in [0.1, 0.15) is 79.1 Å². The average molecular weight is 856 g/mol. The first-order chi connectivity index (χ1) is 17.4. The molecule has 0 amide bonds. The first-order valence-corrected chi connectivity index (χ1v) is 16.5. The molecule has 0 saturated carbocycles. The Balaban J connectivity index is -0.0000000451. The number of nitrogens with zero attached hydrogens (tertiary/aromatic N) is 1. The molecule has 0 aromatic rings. The summed E-state index contributed by atoms with van der Waals surface area (Å²) < 4.78 is 125. The molecule has 0 aliphatic rings. The molecule has 0 aliphatic carbocycles. The van der Waals surface area contributed by atoms with E-state index in [1.807, 2.05) is 0 Å². The molecule has 0 aliphatic heterocycles. The van der Waals surface area contributed by atoms with Gasteiger partial charge in [-0.2, -0.15) is 16.8 Å². The second-order valence-corrected chi connectivity index (χ2v) is 11.1. The number of hydrogen-bond acceptors (Lipinski definition) is 16. The summed E-state index contributed by atoms with van der Waals surface area (Å²) in [5, 5.41) is 17.2. The van der Waals surface area contributed by atoms with E-state index in [0.29, 0.717) is 0 Å². The third-order valence-corrected chi connectivity index (χ3v) is 4.46. The number of rotatable bonds is 14. The van der Waals surface area contributed by atoms with Crippen LogP contribution in [0.25, 0.3) is 0 Å². The Morgan fingerprint density at radius 2 is 0.591 bits per heavy atom. The van der Waals surface area contributed by atoms with Gasteiger partial charge in [-0.15, -0.1) is 0 Å². The van der Waals surface area contributed by atoms with Crippen molar-refractivity contribution < 1.29 is 342 Å². The zero-order valence-corrected chi connectivity index (χ0v) is 45.9. The Kier molecular flexibility index (Phi) is 81.0. The van der Waals surface area contributed by atoms with E-state index in [1.54, 1.807) is 0 Å². The standard InChI is InChI=1S/C16H36N.5K.2H2O5S.2H2O4S/c1-5-9-13-17(14-10-6-2,15-11-7-3)16-12-8-4;;;;;;2*1-5-6(2,3)4;2*1-5(2,3)4/h5-16H2,1-4H3;;;;;;2*1H,(H,2,3,4);2*(H2,1,2,3,4)/q6*+1;;;;/p-6. The van der Waals surface area contributed by atoms with E-state index >= 15 is 0 Å². The smallest absolute Gasteiger partial charge is 0.759 e. The summed E-state index contributed by atoms with van der Waals surface area (Å²) >= 11 is 0. The first-order valence-electron chi connectivity index (χ1n) is 11.1. The Hall–Kier alpha value is 7.54. The van der Waals surface area contributed by atoms with Crippen LogP contribution >= 0.6 is 0 Å². The van der Waals surface area contributed by atoms with Gasteiger partial charge in [-0.3, -0.25) is 25.9 Å². The van der Waals surface area contributed by atoms with Gasteiger partial charge < -0.3 is 41.9 Å². The van der Waals surface area contributed by atoms with Gasteiger partial charge in [-0.05, 0) is 25.7 Å². The molecule has 0 radical (unpaired) electrons. The molecular formula is C16H38K5NO18S4. The monoisotopic (exact) mass is 855 g/mol. The zero-order chi connectivity index (χ0) is 32.4. The minimum absolute atomic E-state index is 0. The third-order valence-electron chi connectivity index (χ3n) is 4.12. The fraction of sp³-hybridized carbons (Fsp3) is 1.00. The van der Waals surface area contributed by atoms with Crippen molar-refractivity contribution >= 4 is 41.6 Å². The maximum atomic E-state index is 9.02. The van der Waals surface area contributed by atoms with Crippen molar-refractivity contribution in [3.8, 4) is 0 Å². The maximum absolute atomic E-state index is 9.02. The van der Waals surface area contributed by atoms with Crippen molar-refractivity contribution in [1.82, 2.24) is 0 Å². The van der Waals surface area contributed by atoms with Gasteiger partial charge in [0.15, 0.2) is 0 Å². The van der Waals surface area contributed by atoms with E-state index < -0.39 is 41.6 Å². The number of hydrogen-bond donors (Lipinski definition) is 2. The van der Waals surface area contributed by atoms with Crippen LogP contribution in [0.2, 0.25) is 0 Å². The molecule has 0 aromatic carbocycles. The fourth-order valence-electron chi connectivity index (χ4n) is 2.64. The normalized spacial score (nSPS) is 10.5. The summed E-state index contributed by atoms with van der Waals surface area (Å²) in [7, 11) is -19.8. The molecule has 0 heterocycles. The predicted molar refractivity (Wildman–Crippen MR) is 126 cm³/mol. The quantitative estimate of drug-likeness (QED) is 0.0409. The number of unbranched alkanes of at least 4 members (excludes halogenated alkanes) is 4. The van der Waals surface area contributed by atoms with Crippen molar-refractivity contribution in [2.75, 3.05) is 26.2 Å². The van der Waals surface area contributed by atoms with Crippen molar-refractivity contribution in [1.29, 1.82) is 0 Å². The third kappa shape index (κ3) is 104. The van der Waals surface area contributed by atoms with Gasteiger partial charge in [0, 0.05) is 20.8 Å². The first kappa shape index (κ1) is 76.3. The zero-order valence-electron chi connectivity index (χ0n) is 27.0. The SMILES string of the molecule is CCCC[N+](CCCC)(CCCC)CCCC.O=S(=O)(O)O[O-].O=S(=O)(O)O[O-].O=S(=O)([O-])[O-].O=S(=O)([O-])[O-].[K+].[K+].[K+].[K+].[K+]. The molecule has 28 heteroatoms. The van der Waals surface area contributed by atoms with Crippen molar-refractivity contribution in [3.05, 3.63) is 0 Å². The van der Waals surface area contributed by atoms with Crippen LogP contribution in [-0.2, 0) is 50.3 Å². The molecular weight excluding hydrogens is 818 g/mol. The topological polar surface area (TPSA) is 334 Å². The van der Waals surface area contributed by atoms with Crippen LogP contribution in [0.5, 0.6) is 0 Å². The van der Waals surface area contributed by atoms with Gasteiger partial charge in [0.05, 0.1) is 26.2 Å². The molecule has 0 saturated heterocycles. The minimum Gasteiger partial charge on any atom is -0.759 e. The van der Waals surface area contributed by atoms with Crippen LogP contribution in [0.3, 0.4) is 0 Å². The predicted octanol–water partition coefficient (Wildman–Crippen LogP) is -16.5. The summed E-state index contributed by atoms with van der Waals surface area (Å²) in [5.74, 6) is 0. The van der Waals surface area contributed by atoms with Crippen LogP contribution in [0, 0.1) is 0 Å². The molecule has 0 fully saturated rings. The Morgan fingerprint density at radius 3 is 0.659 bits per heavy atom. The number of quaternary nitrogens is 1. The van der Waals surface area contributed by atoms with Gasteiger partial charge in [-0.25, -0.2) is 0 Å². The summed E-state index contributed by atoms with van der Waals surface area (Å²) in [4.78, 5) is 0. The van der Waals surface area contributed by atoms with E-state index in [-0.39, 0.29) is 257 Å². The second-order valence-electron chi connectivity index (χ2n) is 7.46. The largest absolute Gasteiger partial charge is 1.00 e. The molecule has 0 bridgehead atoms. The van der Waals surface area contributed by atoms with E-state index in [1.165, 1.54) is 82.0 Å². The second kappa shape index (κ2) is 46.7. The minimum atomic E-state index is -5.17. The van der Waals surface area contributed by atoms with Crippen LogP contribution in [-0.4, -0.2) is 91.6 Å². The van der Waals surface area contributed by atoms with E-state index in [9.17, 15) is 0 Å². The molecule has 2 N–H and O–H groups in total. The van der Waals surface area contributed by atoms with Gasteiger partial charge in [0.2, 0.25) is 0 Å². The molecule has 0 spiro atoms. The van der Waals surface area contributed by atoms with Crippen LogP contribution in [0.4, 0.5) is 0 Å². The van der Waals surface area contributed by atoms with Gasteiger partial charge >= 0.3 is 278 Å². The summed E-state index contributed by atoms with van der Waals surface area (Å²) in [5.41, 5.74) is 0. The Labute approximate surface area is 475 Å². The Morgan fingerprint density at radius 1 is 0.477 bits per heavy atom. The van der Waals surface area contributed by atoms with Crippen molar-refractivity contribution in [3.63, 3.8) is 0 Å². The van der Waals surface area contributed by atoms with E-state index in [0.717, 1.165) is 0 Å². The molecule has 19 nitrogen and oxygen atoms in total. The van der Waals surface area contributed by atoms with Crippen molar-refractivity contribution in [2.24, 2.45) is 0 Å². The summed E-state index contributed by atoms with van der Waals surface area (Å²) in [6.07, 6.45) is 11.1. The molecule has 0 atom stereocenters. The van der Waals surface area contributed by atoms with Crippen molar-refractivity contribution in [2.45, 2.75) is 79.1 Å². The van der Waals surface area contributed by atoms with E-state index in [2.05, 4.69) is 36.4 Å².